The van der Waals surface area contributed by atoms with Gasteiger partial charge < -0.3 is 20.1 Å². The normalized spacial score (nSPS) is 13.5. The quantitative estimate of drug-likeness (QED) is 0.633. The Labute approximate surface area is 180 Å². The maximum atomic E-state index is 13.1. The summed E-state index contributed by atoms with van der Waals surface area (Å²) >= 11 is 0. The van der Waals surface area contributed by atoms with Crippen LogP contribution in [-0.2, 0) is 14.4 Å². The molecule has 0 bridgehead atoms. The van der Waals surface area contributed by atoms with Crippen molar-refractivity contribution in [1.29, 1.82) is 0 Å². The number of anilines is 2. The minimum Gasteiger partial charge on any atom is -0.493 e. The number of methoxy groups -OCH3 is 2. The first-order chi connectivity index (χ1) is 14.9. The van der Waals surface area contributed by atoms with E-state index < -0.39 is 0 Å². The second-order valence-electron chi connectivity index (χ2n) is 6.97. The van der Waals surface area contributed by atoms with Gasteiger partial charge in [0.1, 0.15) is 5.70 Å². The largest absolute Gasteiger partial charge is 0.493 e. The molecule has 1 aliphatic rings. The lowest BCUT2D eigenvalue weighted by Gasteiger charge is -2.14. The average molecular weight is 423 g/mol. The molecule has 8 nitrogen and oxygen atoms in total. The first-order valence-corrected chi connectivity index (χ1v) is 9.87. The highest BCUT2D eigenvalue weighted by atomic mass is 16.5. The molecule has 0 atom stereocenters. The number of rotatable bonds is 8. The second kappa shape index (κ2) is 9.34. The van der Waals surface area contributed by atoms with Gasteiger partial charge in [-0.15, -0.1) is 0 Å². The molecule has 0 radical (unpaired) electrons. The van der Waals surface area contributed by atoms with Gasteiger partial charge in [-0.3, -0.25) is 19.3 Å². The number of hydrogen-bond donors (Lipinski definition) is 2. The molecule has 0 saturated heterocycles. The van der Waals surface area contributed by atoms with Gasteiger partial charge in [-0.2, -0.15) is 0 Å². The van der Waals surface area contributed by atoms with Crippen molar-refractivity contribution >= 4 is 34.7 Å². The summed E-state index contributed by atoms with van der Waals surface area (Å²) in [6.07, 6.45) is 0.649. The third-order valence-electron chi connectivity index (χ3n) is 4.76. The predicted octanol–water partition coefficient (Wildman–Crippen LogP) is 3.26. The molecule has 0 saturated carbocycles. The Hall–Kier alpha value is -3.81. The zero-order valence-electron chi connectivity index (χ0n) is 17.9. The number of amides is 3. The third kappa shape index (κ3) is 4.53. The Bertz CT molecular complexity index is 1040. The number of nitrogens with zero attached hydrogens (tertiary/aromatic N) is 1. The van der Waals surface area contributed by atoms with E-state index >= 15 is 0 Å². The van der Waals surface area contributed by atoms with Crippen molar-refractivity contribution in [2.75, 3.05) is 31.4 Å². The predicted molar refractivity (Wildman–Crippen MR) is 118 cm³/mol. The van der Waals surface area contributed by atoms with E-state index in [4.69, 9.17) is 9.47 Å². The summed E-state index contributed by atoms with van der Waals surface area (Å²) in [5.74, 6) is 0.113. The maximum Gasteiger partial charge on any atom is 0.278 e. The lowest BCUT2D eigenvalue weighted by Crippen LogP contribution is -2.33. The van der Waals surface area contributed by atoms with Crippen molar-refractivity contribution in [2.45, 2.75) is 20.3 Å². The van der Waals surface area contributed by atoms with E-state index in [9.17, 15) is 14.4 Å². The minimum atomic E-state index is -0.387. The highest BCUT2D eigenvalue weighted by Crippen LogP contribution is 2.34. The van der Waals surface area contributed by atoms with E-state index in [0.717, 1.165) is 0 Å². The van der Waals surface area contributed by atoms with Gasteiger partial charge in [0, 0.05) is 30.9 Å². The van der Waals surface area contributed by atoms with Crippen LogP contribution in [0.5, 0.6) is 11.5 Å². The monoisotopic (exact) mass is 423 g/mol. The average Bonchev–Trinajstić information content (AvgIpc) is 2.98. The Kier molecular flexibility index (Phi) is 6.59. The molecule has 3 amide bonds. The highest BCUT2D eigenvalue weighted by Gasteiger charge is 2.38. The summed E-state index contributed by atoms with van der Waals surface area (Å²) in [6, 6.07) is 12.0. The highest BCUT2D eigenvalue weighted by molar-refractivity contribution is 6.36. The van der Waals surface area contributed by atoms with Crippen molar-refractivity contribution in [3.05, 3.63) is 53.7 Å². The lowest BCUT2D eigenvalue weighted by atomic mass is 10.0. The molecule has 0 fully saturated rings. The fraction of sp³-hybridized carbons (Fsp3) is 0.261. The molecule has 2 N–H and O–H groups in total. The fourth-order valence-electron chi connectivity index (χ4n) is 3.37. The number of imide groups is 1. The van der Waals surface area contributed by atoms with Crippen LogP contribution in [0.15, 0.2) is 48.2 Å². The van der Waals surface area contributed by atoms with E-state index in [0.29, 0.717) is 41.4 Å². The molecular formula is C23H25N3O5. The summed E-state index contributed by atoms with van der Waals surface area (Å²) in [4.78, 5) is 38.6. The number of carbonyl (C=O) groups excluding carboxylic acids is 3. The standard InChI is InChI=1S/C23H25N3O5/c1-5-12-26-22(28)20(15-6-8-16(9-7-15)24-14(2)27)21(23(26)29)25-17-10-11-18(30-3)19(13-17)31-4/h6-11,13,25H,5,12H2,1-4H3,(H,24,27). The van der Waals surface area contributed by atoms with Crippen LogP contribution in [0.1, 0.15) is 25.8 Å². The summed E-state index contributed by atoms with van der Waals surface area (Å²) < 4.78 is 10.6. The van der Waals surface area contributed by atoms with Crippen molar-refractivity contribution in [3.8, 4) is 11.5 Å². The van der Waals surface area contributed by atoms with Crippen LogP contribution in [0, 0.1) is 0 Å². The van der Waals surface area contributed by atoms with Crippen LogP contribution in [0.2, 0.25) is 0 Å². The number of ether oxygens (including phenoxy) is 2. The number of benzene rings is 2. The zero-order valence-corrected chi connectivity index (χ0v) is 17.9. The van der Waals surface area contributed by atoms with Crippen molar-refractivity contribution in [1.82, 2.24) is 4.90 Å². The summed E-state index contributed by atoms with van der Waals surface area (Å²) in [5, 5.41) is 5.78. The smallest absolute Gasteiger partial charge is 0.278 e. The van der Waals surface area contributed by atoms with Crippen LogP contribution in [-0.4, -0.2) is 43.4 Å². The molecule has 31 heavy (non-hydrogen) atoms. The fourth-order valence-corrected chi connectivity index (χ4v) is 3.37. The molecule has 3 rings (SSSR count). The number of carbonyl (C=O) groups is 3. The van der Waals surface area contributed by atoms with E-state index in [1.54, 1.807) is 42.5 Å². The van der Waals surface area contributed by atoms with Gasteiger partial charge in [0.25, 0.3) is 11.8 Å². The molecule has 0 spiro atoms. The van der Waals surface area contributed by atoms with E-state index in [-0.39, 0.29) is 29.0 Å². The Balaban J connectivity index is 2.03. The number of hydrogen-bond acceptors (Lipinski definition) is 6. The SMILES string of the molecule is CCCN1C(=O)C(Nc2ccc(OC)c(OC)c2)=C(c2ccc(NC(C)=O)cc2)C1=O. The maximum absolute atomic E-state index is 13.1. The molecule has 1 aliphatic heterocycles. The van der Waals surface area contributed by atoms with Gasteiger partial charge in [0.05, 0.1) is 19.8 Å². The van der Waals surface area contributed by atoms with Crippen molar-refractivity contribution in [2.24, 2.45) is 0 Å². The van der Waals surface area contributed by atoms with Gasteiger partial charge >= 0.3 is 0 Å². The number of nitrogens with one attached hydrogen (secondary N) is 2. The molecule has 8 heteroatoms. The van der Waals surface area contributed by atoms with Crippen LogP contribution < -0.4 is 20.1 Å². The Morgan fingerprint density at radius 3 is 2.16 bits per heavy atom. The Morgan fingerprint density at radius 2 is 1.58 bits per heavy atom. The van der Waals surface area contributed by atoms with Crippen LogP contribution >= 0.6 is 0 Å². The zero-order chi connectivity index (χ0) is 22.5. The lowest BCUT2D eigenvalue weighted by molar-refractivity contribution is -0.136. The molecule has 1 heterocycles. The molecular weight excluding hydrogens is 398 g/mol. The van der Waals surface area contributed by atoms with Crippen LogP contribution in [0.25, 0.3) is 5.57 Å². The van der Waals surface area contributed by atoms with Crippen molar-refractivity contribution in [3.63, 3.8) is 0 Å². The van der Waals surface area contributed by atoms with Gasteiger partial charge in [-0.05, 0) is 36.2 Å². The third-order valence-corrected chi connectivity index (χ3v) is 4.76. The Morgan fingerprint density at radius 1 is 0.935 bits per heavy atom. The molecule has 0 aliphatic carbocycles. The van der Waals surface area contributed by atoms with E-state index in [1.165, 1.54) is 26.0 Å². The molecule has 2 aromatic carbocycles. The first kappa shape index (κ1) is 21.9. The van der Waals surface area contributed by atoms with Crippen LogP contribution in [0.3, 0.4) is 0 Å². The molecule has 162 valence electrons. The second-order valence-corrected chi connectivity index (χ2v) is 6.97. The van der Waals surface area contributed by atoms with Crippen LogP contribution in [0.4, 0.5) is 11.4 Å². The van der Waals surface area contributed by atoms with Gasteiger partial charge in [-0.25, -0.2) is 0 Å². The van der Waals surface area contributed by atoms with Crippen molar-refractivity contribution < 1.29 is 23.9 Å². The molecule has 2 aromatic rings. The summed E-state index contributed by atoms with van der Waals surface area (Å²) in [7, 11) is 3.06. The topological polar surface area (TPSA) is 97.0 Å². The van der Waals surface area contributed by atoms with E-state index in [2.05, 4.69) is 10.6 Å². The van der Waals surface area contributed by atoms with E-state index in [1.807, 2.05) is 6.92 Å². The molecule has 0 aromatic heterocycles. The minimum absolute atomic E-state index is 0.191. The summed E-state index contributed by atoms with van der Waals surface area (Å²) in [6.45, 7) is 3.65. The summed E-state index contributed by atoms with van der Waals surface area (Å²) in [5.41, 5.74) is 2.24. The first-order valence-electron chi connectivity index (χ1n) is 9.87. The van der Waals surface area contributed by atoms with Gasteiger partial charge in [0.15, 0.2) is 11.5 Å². The van der Waals surface area contributed by atoms with Gasteiger partial charge in [-0.1, -0.05) is 19.1 Å². The van der Waals surface area contributed by atoms with Gasteiger partial charge in [0.2, 0.25) is 5.91 Å². The molecule has 0 unspecified atom stereocenters.